The Hall–Kier alpha value is -3.61. The Kier molecular flexibility index (Phi) is 8.10. The molecule has 3 rings (SSSR count). The van der Waals surface area contributed by atoms with E-state index in [2.05, 4.69) is 15.2 Å². The van der Waals surface area contributed by atoms with Gasteiger partial charge < -0.3 is 14.9 Å². The van der Waals surface area contributed by atoms with Crippen LogP contribution in [0.15, 0.2) is 37.6 Å². The van der Waals surface area contributed by atoms with Crippen molar-refractivity contribution in [2.75, 3.05) is 18.1 Å². The zero-order chi connectivity index (χ0) is 24.8. The van der Waals surface area contributed by atoms with E-state index in [1.54, 1.807) is 23.6 Å². The van der Waals surface area contributed by atoms with Crippen LogP contribution < -0.4 is 17.0 Å². The molecule has 3 N–H and O–H groups in total. The Morgan fingerprint density at radius 3 is 2.68 bits per heavy atom. The first kappa shape index (κ1) is 25.0. The van der Waals surface area contributed by atoms with Crippen molar-refractivity contribution in [2.24, 2.45) is 5.92 Å². The third-order valence-electron chi connectivity index (χ3n) is 4.69. The topological polar surface area (TPSA) is 168 Å². The Morgan fingerprint density at radius 2 is 2.03 bits per heavy atom. The number of thioether (sulfide) groups is 1. The van der Waals surface area contributed by atoms with Crippen molar-refractivity contribution in [3.63, 3.8) is 0 Å². The molecule has 182 valence electrons. The minimum atomic E-state index is -0.840. The van der Waals surface area contributed by atoms with E-state index >= 15 is 0 Å². The average molecular weight is 491 g/mol. The van der Waals surface area contributed by atoms with Crippen molar-refractivity contribution in [2.45, 2.75) is 45.4 Å². The van der Waals surface area contributed by atoms with E-state index in [9.17, 15) is 19.2 Å². The van der Waals surface area contributed by atoms with Gasteiger partial charge in [-0.15, -0.1) is 10.2 Å². The normalized spacial score (nSPS) is 11.2. The molecule has 3 aromatic heterocycles. The van der Waals surface area contributed by atoms with Gasteiger partial charge in [0.15, 0.2) is 10.9 Å². The zero-order valence-electron chi connectivity index (χ0n) is 19.1. The summed E-state index contributed by atoms with van der Waals surface area (Å²) < 4.78 is 13.2. The molecule has 0 aromatic carbocycles. The van der Waals surface area contributed by atoms with Crippen LogP contribution in [0.5, 0.6) is 0 Å². The van der Waals surface area contributed by atoms with Crippen LogP contribution in [0.3, 0.4) is 0 Å². The molecule has 0 atom stereocenters. The monoisotopic (exact) mass is 490 g/mol. The second-order valence-corrected chi connectivity index (χ2v) is 8.72. The highest BCUT2D eigenvalue weighted by Crippen LogP contribution is 2.21. The van der Waals surface area contributed by atoms with Crippen LogP contribution in [0.25, 0.3) is 0 Å². The first-order valence-electron chi connectivity index (χ1n) is 10.6. The minimum Gasteiger partial charge on any atom is -0.467 e. The summed E-state index contributed by atoms with van der Waals surface area (Å²) in [5, 5.41) is 8.50. The second-order valence-electron chi connectivity index (χ2n) is 7.78. The standard InChI is InChI=1S/C21H26N6O6S/c1-4-32-16(29)8-15-24-25-21(26(15)10-13-6-5-7-33-13)34-11-14(28)17-18(22)27(9-12(2)3)20(31)23-19(17)30/h5-7,12H,4,8-11,22H2,1-3H3,(H,23,30,31). The number of hydrogen-bond acceptors (Lipinski definition) is 10. The number of ether oxygens (including phenoxy) is 1. The molecule has 0 aliphatic rings. The van der Waals surface area contributed by atoms with Crippen LogP contribution in [0.4, 0.5) is 5.82 Å². The second kappa shape index (κ2) is 11.0. The van der Waals surface area contributed by atoms with E-state index < -0.39 is 23.0 Å². The number of nitrogen functional groups attached to an aromatic ring is 1. The summed E-state index contributed by atoms with van der Waals surface area (Å²) in [6, 6.07) is 3.48. The largest absolute Gasteiger partial charge is 0.467 e. The number of Topliss-reactive ketones (excluding diaryl/α,β-unsaturated/α-hetero) is 1. The molecule has 0 saturated carbocycles. The summed E-state index contributed by atoms with van der Waals surface area (Å²) in [6.45, 7) is 6.19. The van der Waals surface area contributed by atoms with Crippen molar-refractivity contribution < 1.29 is 18.7 Å². The van der Waals surface area contributed by atoms with Crippen molar-refractivity contribution in [1.82, 2.24) is 24.3 Å². The summed E-state index contributed by atoms with van der Waals surface area (Å²) >= 11 is 1.02. The smallest absolute Gasteiger partial charge is 0.329 e. The quantitative estimate of drug-likeness (QED) is 0.225. The fourth-order valence-electron chi connectivity index (χ4n) is 3.22. The van der Waals surface area contributed by atoms with Gasteiger partial charge in [-0.05, 0) is 25.0 Å². The molecular weight excluding hydrogens is 464 g/mol. The van der Waals surface area contributed by atoms with Gasteiger partial charge in [0.25, 0.3) is 5.56 Å². The number of carbonyl (C=O) groups is 2. The van der Waals surface area contributed by atoms with E-state index in [4.69, 9.17) is 14.9 Å². The number of H-pyrrole nitrogens is 1. The fourth-order valence-corrected chi connectivity index (χ4v) is 4.05. The van der Waals surface area contributed by atoms with E-state index in [0.717, 1.165) is 11.8 Å². The maximum Gasteiger partial charge on any atom is 0.329 e. The number of ketones is 1. The number of aromatic amines is 1. The van der Waals surface area contributed by atoms with Crippen molar-refractivity contribution >= 4 is 29.3 Å². The Morgan fingerprint density at radius 1 is 1.26 bits per heavy atom. The lowest BCUT2D eigenvalue weighted by molar-refractivity contribution is -0.142. The van der Waals surface area contributed by atoms with E-state index in [1.807, 2.05) is 13.8 Å². The maximum atomic E-state index is 12.9. The number of carbonyl (C=O) groups excluding carboxylic acids is 2. The highest BCUT2D eigenvalue weighted by molar-refractivity contribution is 7.99. The highest BCUT2D eigenvalue weighted by Gasteiger charge is 2.23. The van der Waals surface area contributed by atoms with Crippen molar-refractivity contribution in [3.05, 3.63) is 56.4 Å². The number of nitrogens with two attached hydrogens (primary N) is 1. The Labute approximate surface area is 198 Å². The molecular formula is C21H26N6O6S. The van der Waals surface area contributed by atoms with Gasteiger partial charge in [-0.2, -0.15) is 0 Å². The van der Waals surface area contributed by atoms with Crippen LogP contribution >= 0.6 is 11.8 Å². The van der Waals surface area contributed by atoms with Crippen LogP contribution in [0, 0.1) is 5.92 Å². The van der Waals surface area contributed by atoms with Gasteiger partial charge in [-0.1, -0.05) is 25.6 Å². The van der Waals surface area contributed by atoms with Crippen LogP contribution in [-0.2, 0) is 29.0 Å². The van der Waals surface area contributed by atoms with Gasteiger partial charge in [0, 0.05) is 6.54 Å². The van der Waals surface area contributed by atoms with Gasteiger partial charge in [0.05, 0.1) is 25.2 Å². The molecule has 0 radical (unpaired) electrons. The van der Waals surface area contributed by atoms with Gasteiger partial charge >= 0.3 is 11.7 Å². The molecule has 0 spiro atoms. The molecule has 0 aliphatic carbocycles. The highest BCUT2D eigenvalue weighted by atomic mass is 32.2. The SMILES string of the molecule is CCOC(=O)Cc1nnc(SCC(=O)c2c(N)n(CC(C)C)c(=O)[nH]c2=O)n1Cc1ccco1. The minimum absolute atomic E-state index is 0.0706. The molecule has 0 unspecified atom stereocenters. The average Bonchev–Trinajstić information content (AvgIpc) is 3.40. The first-order chi connectivity index (χ1) is 16.2. The van der Waals surface area contributed by atoms with Gasteiger partial charge in [0.2, 0.25) is 0 Å². The Balaban J connectivity index is 1.85. The van der Waals surface area contributed by atoms with Crippen molar-refractivity contribution in [1.29, 1.82) is 0 Å². The molecule has 3 heterocycles. The molecule has 34 heavy (non-hydrogen) atoms. The lowest BCUT2D eigenvalue weighted by Crippen LogP contribution is -2.37. The molecule has 0 saturated heterocycles. The number of furan rings is 1. The number of hydrogen-bond donors (Lipinski definition) is 2. The predicted octanol–water partition coefficient (Wildman–Crippen LogP) is 1.09. The summed E-state index contributed by atoms with van der Waals surface area (Å²) in [7, 11) is 0. The molecule has 0 bridgehead atoms. The first-order valence-corrected chi connectivity index (χ1v) is 11.6. The van der Waals surface area contributed by atoms with Gasteiger partial charge in [-0.25, -0.2) is 4.79 Å². The van der Waals surface area contributed by atoms with Crippen LogP contribution in [0.1, 0.15) is 42.7 Å². The number of rotatable bonds is 11. The Bertz CT molecular complexity index is 1270. The molecule has 0 aliphatic heterocycles. The number of anilines is 1. The van der Waals surface area contributed by atoms with Gasteiger partial charge in [-0.3, -0.25) is 28.5 Å². The summed E-state index contributed by atoms with van der Waals surface area (Å²) in [5.74, 6) is -0.389. The summed E-state index contributed by atoms with van der Waals surface area (Å²) in [5.41, 5.74) is 4.24. The fraction of sp³-hybridized carbons (Fsp3) is 0.429. The zero-order valence-corrected chi connectivity index (χ0v) is 19.9. The number of nitrogens with one attached hydrogen (secondary N) is 1. The molecule has 0 amide bonds. The van der Waals surface area contributed by atoms with E-state index in [0.29, 0.717) is 16.7 Å². The third-order valence-corrected chi connectivity index (χ3v) is 5.66. The van der Waals surface area contributed by atoms with E-state index in [-0.39, 0.29) is 49.2 Å². The molecule has 13 heteroatoms. The molecule has 3 aromatic rings. The van der Waals surface area contributed by atoms with Crippen LogP contribution in [-0.4, -0.2) is 48.4 Å². The third kappa shape index (κ3) is 5.84. The predicted molar refractivity (Wildman–Crippen MR) is 124 cm³/mol. The number of aromatic nitrogens is 5. The maximum absolute atomic E-state index is 12.9. The van der Waals surface area contributed by atoms with E-state index in [1.165, 1.54) is 10.8 Å². The van der Waals surface area contributed by atoms with Gasteiger partial charge in [0.1, 0.15) is 29.4 Å². The number of esters is 1. The summed E-state index contributed by atoms with van der Waals surface area (Å²) in [4.78, 5) is 51.5. The van der Waals surface area contributed by atoms with Crippen LogP contribution in [0.2, 0.25) is 0 Å². The number of nitrogens with zero attached hydrogens (tertiary/aromatic N) is 4. The molecule has 0 fully saturated rings. The lowest BCUT2D eigenvalue weighted by atomic mass is 10.2. The summed E-state index contributed by atoms with van der Waals surface area (Å²) in [6.07, 6.45) is 1.41. The molecule has 12 nitrogen and oxygen atoms in total. The van der Waals surface area contributed by atoms with Crippen molar-refractivity contribution in [3.8, 4) is 0 Å². The lowest BCUT2D eigenvalue weighted by Gasteiger charge is -2.14.